The van der Waals surface area contributed by atoms with Crippen molar-refractivity contribution in [2.24, 2.45) is 0 Å². The number of aryl methyl sites for hydroxylation is 1. The lowest BCUT2D eigenvalue weighted by atomic mass is 10.2. The molecule has 0 atom stereocenters. The Kier molecular flexibility index (Phi) is 3.52. The van der Waals surface area contributed by atoms with Gasteiger partial charge in [-0.1, -0.05) is 48.5 Å². The van der Waals surface area contributed by atoms with Gasteiger partial charge in [0.1, 0.15) is 11.3 Å². The van der Waals surface area contributed by atoms with Crippen molar-refractivity contribution < 1.29 is 5.11 Å². The van der Waals surface area contributed by atoms with Gasteiger partial charge in [0.2, 0.25) is 0 Å². The van der Waals surface area contributed by atoms with Crippen LogP contribution in [-0.2, 0) is 6.54 Å². The first-order chi connectivity index (χ1) is 11.4. The van der Waals surface area contributed by atoms with Crippen LogP contribution in [0.2, 0.25) is 0 Å². The molecule has 4 rings (SSSR count). The molecule has 0 aliphatic heterocycles. The van der Waals surface area contributed by atoms with Crippen molar-refractivity contribution in [2.75, 3.05) is 6.61 Å². The quantitative estimate of drug-likeness (QED) is 0.626. The number of aliphatic hydroxyl groups excluding tert-OH is 1. The van der Waals surface area contributed by atoms with Gasteiger partial charge < -0.3 is 9.67 Å². The van der Waals surface area contributed by atoms with Gasteiger partial charge in [-0.05, 0) is 12.5 Å². The Bertz CT molecular complexity index is 960. The summed E-state index contributed by atoms with van der Waals surface area (Å²) in [5, 5.41) is 10.3. The van der Waals surface area contributed by atoms with Gasteiger partial charge in [-0.2, -0.15) is 0 Å². The van der Waals surface area contributed by atoms with Crippen molar-refractivity contribution in [3.05, 3.63) is 60.8 Å². The summed E-state index contributed by atoms with van der Waals surface area (Å²) in [6.45, 7) is 0.881. The van der Waals surface area contributed by atoms with Gasteiger partial charge in [-0.3, -0.25) is 4.98 Å². The standard InChI is InChI=1S/C19H17N3O/c23-12-6-11-22-17-13-20-16-10-5-4-9-15(16)18(17)21-19(22)14-7-2-1-3-8-14/h1-5,7-10,13,23H,6,11-12H2. The zero-order valence-corrected chi connectivity index (χ0v) is 12.7. The molecule has 1 N–H and O–H groups in total. The first-order valence-corrected chi connectivity index (χ1v) is 7.79. The first kappa shape index (κ1) is 13.9. The van der Waals surface area contributed by atoms with Crippen LogP contribution in [0, 0.1) is 0 Å². The van der Waals surface area contributed by atoms with E-state index < -0.39 is 0 Å². The summed E-state index contributed by atoms with van der Waals surface area (Å²) >= 11 is 0. The van der Waals surface area contributed by atoms with E-state index in [2.05, 4.69) is 27.8 Å². The number of aliphatic hydroxyl groups is 1. The highest BCUT2D eigenvalue weighted by molar-refractivity contribution is 6.03. The predicted molar refractivity (Wildman–Crippen MR) is 92.2 cm³/mol. The van der Waals surface area contributed by atoms with E-state index >= 15 is 0 Å². The zero-order chi connectivity index (χ0) is 15.6. The fourth-order valence-corrected chi connectivity index (χ4v) is 2.97. The molecule has 4 nitrogen and oxygen atoms in total. The van der Waals surface area contributed by atoms with Gasteiger partial charge >= 0.3 is 0 Å². The highest BCUT2D eigenvalue weighted by Gasteiger charge is 2.14. The Morgan fingerprint density at radius 1 is 0.957 bits per heavy atom. The van der Waals surface area contributed by atoms with E-state index in [9.17, 15) is 5.11 Å². The van der Waals surface area contributed by atoms with Crippen LogP contribution in [0.3, 0.4) is 0 Å². The SMILES string of the molecule is OCCCn1c(-c2ccccc2)nc2c3ccccc3ncc21. The molecule has 23 heavy (non-hydrogen) atoms. The van der Waals surface area contributed by atoms with Crippen LogP contribution in [-0.4, -0.2) is 26.2 Å². The number of aromatic nitrogens is 3. The van der Waals surface area contributed by atoms with Gasteiger partial charge in [0.25, 0.3) is 0 Å². The summed E-state index contributed by atoms with van der Waals surface area (Å²) in [7, 11) is 0. The minimum Gasteiger partial charge on any atom is -0.396 e. The molecule has 0 spiro atoms. The molecule has 0 bridgehead atoms. The molecule has 2 heterocycles. The van der Waals surface area contributed by atoms with Gasteiger partial charge in [0, 0.05) is 24.1 Å². The summed E-state index contributed by atoms with van der Waals surface area (Å²) in [4.78, 5) is 9.47. The van der Waals surface area contributed by atoms with Crippen LogP contribution in [0.4, 0.5) is 0 Å². The van der Waals surface area contributed by atoms with E-state index in [1.54, 1.807) is 0 Å². The Labute approximate surface area is 134 Å². The number of pyridine rings is 1. The van der Waals surface area contributed by atoms with Crippen LogP contribution in [0.5, 0.6) is 0 Å². The number of benzene rings is 2. The zero-order valence-electron chi connectivity index (χ0n) is 12.7. The molecule has 4 heteroatoms. The second-order valence-corrected chi connectivity index (χ2v) is 5.54. The maximum Gasteiger partial charge on any atom is 0.141 e. The van der Waals surface area contributed by atoms with Crippen molar-refractivity contribution >= 4 is 21.9 Å². The summed E-state index contributed by atoms with van der Waals surface area (Å²) in [6.07, 6.45) is 2.58. The molecule has 0 unspecified atom stereocenters. The largest absolute Gasteiger partial charge is 0.396 e. The molecule has 4 aromatic rings. The molecular weight excluding hydrogens is 286 g/mol. The van der Waals surface area contributed by atoms with Crippen molar-refractivity contribution in [2.45, 2.75) is 13.0 Å². The third kappa shape index (κ3) is 2.37. The van der Waals surface area contributed by atoms with Crippen molar-refractivity contribution in [3.63, 3.8) is 0 Å². The lowest BCUT2D eigenvalue weighted by Crippen LogP contribution is -2.02. The number of hydrogen-bond acceptors (Lipinski definition) is 3. The lowest BCUT2D eigenvalue weighted by Gasteiger charge is -2.08. The molecule has 0 aliphatic rings. The first-order valence-electron chi connectivity index (χ1n) is 7.79. The molecule has 2 aromatic carbocycles. The molecule has 0 fully saturated rings. The van der Waals surface area contributed by atoms with Gasteiger partial charge in [0.15, 0.2) is 0 Å². The summed E-state index contributed by atoms with van der Waals surface area (Å²) in [5.74, 6) is 0.923. The number of fused-ring (bicyclic) bond motifs is 3. The lowest BCUT2D eigenvalue weighted by molar-refractivity contribution is 0.281. The molecule has 0 amide bonds. The smallest absolute Gasteiger partial charge is 0.141 e. The average molecular weight is 303 g/mol. The number of imidazole rings is 1. The van der Waals surface area contributed by atoms with E-state index in [1.165, 1.54) is 0 Å². The molecule has 0 saturated carbocycles. The minimum absolute atomic E-state index is 0.162. The van der Waals surface area contributed by atoms with Crippen LogP contribution < -0.4 is 0 Å². The number of para-hydroxylation sites is 1. The molecule has 2 aromatic heterocycles. The van der Waals surface area contributed by atoms with Crippen LogP contribution in [0.15, 0.2) is 60.8 Å². The van der Waals surface area contributed by atoms with Gasteiger partial charge in [-0.15, -0.1) is 0 Å². The summed E-state index contributed by atoms with van der Waals surface area (Å²) in [5.41, 5.74) is 4.00. The average Bonchev–Trinajstić information content (AvgIpc) is 2.99. The summed E-state index contributed by atoms with van der Waals surface area (Å²) < 4.78 is 2.15. The summed E-state index contributed by atoms with van der Waals surface area (Å²) in [6, 6.07) is 18.2. The fraction of sp³-hybridized carbons (Fsp3) is 0.158. The number of rotatable bonds is 4. The maximum absolute atomic E-state index is 9.22. The van der Waals surface area contributed by atoms with Crippen molar-refractivity contribution in [3.8, 4) is 11.4 Å². The molecule has 0 radical (unpaired) electrons. The second kappa shape index (κ2) is 5.82. The van der Waals surface area contributed by atoms with Crippen molar-refractivity contribution in [1.29, 1.82) is 0 Å². The highest BCUT2D eigenvalue weighted by atomic mass is 16.3. The van der Waals surface area contributed by atoms with Crippen molar-refractivity contribution in [1.82, 2.24) is 14.5 Å². The Hall–Kier alpha value is -2.72. The molecule has 0 saturated heterocycles. The highest BCUT2D eigenvalue weighted by Crippen LogP contribution is 2.29. The van der Waals surface area contributed by atoms with E-state index in [1.807, 2.05) is 42.6 Å². The maximum atomic E-state index is 9.22. The monoisotopic (exact) mass is 303 g/mol. The van der Waals surface area contributed by atoms with Gasteiger partial charge in [-0.25, -0.2) is 4.98 Å². The molecular formula is C19H17N3O. The Morgan fingerprint density at radius 2 is 1.74 bits per heavy atom. The molecule has 114 valence electrons. The third-order valence-electron chi connectivity index (χ3n) is 4.06. The minimum atomic E-state index is 0.162. The van der Waals surface area contributed by atoms with Crippen LogP contribution in [0.25, 0.3) is 33.3 Å². The second-order valence-electron chi connectivity index (χ2n) is 5.54. The predicted octanol–water partition coefficient (Wildman–Crippen LogP) is 3.63. The molecule has 0 aliphatic carbocycles. The third-order valence-corrected chi connectivity index (χ3v) is 4.06. The normalized spacial score (nSPS) is 11.3. The van der Waals surface area contributed by atoms with Crippen LogP contribution >= 0.6 is 0 Å². The van der Waals surface area contributed by atoms with E-state index in [0.29, 0.717) is 6.42 Å². The Morgan fingerprint density at radius 3 is 2.57 bits per heavy atom. The van der Waals surface area contributed by atoms with Crippen LogP contribution in [0.1, 0.15) is 6.42 Å². The number of hydrogen-bond donors (Lipinski definition) is 1. The van der Waals surface area contributed by atoms with E-state index in [-0.39, 0.29) is 6.61 Å². The van der Waals surface area contributed by atoms with E-state index in [0.717, 1.165) is 39.9 Å². The topological polar surface area (TPSA) is 50.9 Å². The van der Waals surface area contributed by atoms with Gasteiger partial charge in [0.05, 0.1) is 17.2 Å². The Balaban J connectivity index is 2.02. The fourth-order valence-electron chi connectivity index (χ4n) is 2.97. The van der Waals surface area contributed by atoms with E-state index in [4.69, 9.17) is 4.98 Å². The number of nitrogens with zero attached hydrogens (tertiary/aromatic N) is 3.